The highest BCUT2D eigenvalue weighted by atomic mass is 32.2. The van der Waals surface area contributed by atoms with Gasteiger partial charge in [-0.2, -0.15) is 0 Å². The lowest BCUT2D eigenvalue weighted by Gasteiger charge is -2.08. The number of benzene rings is 2. The second-order valence-corrected chi connectivity index (χ2v) is 7.73. The van der Waals surface area contributed by atoms with Gasteiger partial charge in [0.25, 0.3) is 5.91 Å². The Morgan fingerprint density at radius 1 is 1.16 bits per heavy atom. The van der Waals surface area contributed by atoms with Crippen molar-refractivity contribution in [1.82, 2.24) is 9.88 Å². The molecular weight excluding hydrogens is 348 g/mol. The molecule has 1 fully saturated rings. The Morgan fingerprint density at radius 3 is 2.68 bits per heavy atom. The Hall–Kier alpha value is -2.37. The van der Waals surface area contributed by atoms with Gasteiger partial charge in [0, 0.05) is 29.2 Å². The fourth-order valence-electron chi connectivity index (χ4n) is 3.05. The molecular formula is C20H16N2OS2. The van der Waals surface area contributed by atoms with Gasteiger partial charge in [0.1, 0.15) is 4.32 Å². The van der Waals surface area contributed by atoms with Gasteiger partial charge in [0.2, 0.25) is 0 Å². The predicted octanol–water partition coefficient (Wildman–Crippen LogP) is 4.49. The smallest absolute Gasteiger partial charge is 0.263 e. The van der Waals surface area contributed by atoms with Crippen LogP contribution in [0.1, 0.15) is 16.7 Å². The van der Waals surface area contributed by atoms with Gasteiger partial charge in [0.15, 0.2) is 0 Å². The first kappa shape index (κ1) is 16.1. The maximum Gasteiger partial charge on any atom is 0.263 e. The quantitative estimate of drug-likeness (QED) is 0.549. The summed E-state index contributed by atoms with van der Waals surface area (Å²) in [6, 6.07) is 16.7. The topological polar surface area (TPSA) is 34.0 Å². The van der Waals surface area contributed by atoms with Crippen LogP contribution in [0.3, 0.4) is 0 Å². The van der Waals surface area contributed by atoms with Crippen LogP contribution in [0.2, 0.25) is 0 Å². The summed E-state index contributed by atoms with van der Waals surface area (Å²) in [5.41, 5.74) is 4.75. The number of nitrogens with zero attached hydrogens (tertiary/aromatic N) is 1. The minimum absolute atomic E-state index is 0.120. The summed E-state index contributed by atoms with van der Waals surface area (Å²) >= 11 is 6.39. The van der Waals surface area contributed by atoms with Crippen LogP contribution in [0.4, 0.5) is 0 Å². The molecule has 1 aliphatic heterocycles. The Kier molecular flexibility index (Phi) is 4.19. The average molecular weight is 364 g/mol. The second-order valence-electron chi connectivity index (χ2n) is 6.01. The Balaban J connectivity index is 1.79. The second kappa shape index (κ2) is 6.50. The molecule has 3 aromatic rings. The van der Waals surface area contributed by atoms with E-state index in [0.29, 0.717) is 9.23 Å². The SMILES string of the molecule is Cc1ccccc1Cn1cc(C=C2SC(=S)NC2=O)c2ccccc21. The number of aryl methyl sites for hydroxylation is 1. The summed E-state index contributed by atoms with van der Waals surface area (Å²) in [7, 11) is 0. The van der Waals surface area contributed by atoms with E-state index in [2.05, 4.69) is 59.4 Å². The van der Waals surface area contributed by atoms with Crippen LogP contribution >= 0.6 is 24.0 Å². The number of aromatic nitrogens is 1. The van der Waals surface area contributed by atoms with Crippen LogP contribution in [-0.2, 0) is 11.3 Å². The maximum atomic E-state index is 12.0. The molecule has 2 aromatic carbocycles. The van der Waals surface area contributed by atoms with Gasteiger partial charge in [-0.15, -0.1) is 0 Å². The van der Waals surface area contributed by atoms with Crippen LogP contribution in [0.15, 0.2) is 59.6 Å². The average Bonchev–Trinajstić information content (AvgIpc) is 3.10. The number of hydrogen-bond donors (Lipinski definition) is 1. The molecule has 0 bridgehead atoms. The van der Waals surface area contributed by atoms with E-state index < -0.39 is 0 Å². The first-order valence-electron chi connectivity index (χ1n) is 7.99. The number of rotatable bonds is 3. The van der Waals surface area contributed by atoms with Crippen molar-refractivity contribution >= 4 is 51.2 Å². The fourth-order valence-corrected chi connectivity index (χ4v) is 4.09. The number of fused-ring (bicyclic) bond motifs is 1. The zero-order valence-corrected chi connectivity index (χ0v) is 15.3. The van der Waals surface area contributed by atoms with Crippen molar-refractivity contribution in [2.75, 3.05) is 0 Å². The highest BCUT2D eigenvalue weighted by Gasteiger charge is 2.22. The van der Waals surface area contributed by atoms with Crippen molar-refractivity contribution in [2.45, 2.75) is 13.5 Å². The molecule has 0 aliphatic carbocycles. The van der Waals surface area contributed by atoms with Crippen molar-refractivity contribution in [3.05, 3.63) is 76.3 Å². The number of amides is 1. The number of hydrogen-bond acceptors (Lipinski definition) is 3. The van der Waals surface area contributed by atoms with Crippen LogP contribution in [0.25, 0.3) is 17.0 Å². The van der Waals surface area contributed by atoms with E-state index in [1.54, 1.807) is 0 Å². The molecule has 1 N–H and O–H groups in total. The van der Waals surface area contributed by atoms with Crippen molar-refractivity contribution in [3.63, 3.8) is 0 Å². The minimum atomic E-state index is -0.120. The van der Waals surface area contributed by atoms with E-state index in [4.69, 9.17) is 12.2 Å². The van der Waals surface area contributed by atoms with E-state index in [-0.39, 0.29) is 5.91 Å². The van der Waals surface area contributed by atoms with Gasteiger partial charge in [-0.3, -0.25) is 4.79 Å². The zero-order chi connectivity index (χ0) is 17.4. The molecule has 0 unspecified atom stereocenters. The highest BCUT2D eigenvalue weighted by Crippen LogP contribution is 2.30. The van der Waals surface area contributed by atoms with E-state index in [0.717, 1.165) is 23.0 Å². The van der Waals surface area contributed by atoms with Crippen LogP contribution in [0.5, 0.6) is 0 Å². The Labute approximate surface area is 155 Å². The van der Waals surface area contributed by atoms with Gasteiger partial charge in [0.05, 0.1) is 4.91 Å². The summed E-state index contributed by atoms with van der Waals surface area (Å²) in [6.07, 6.45) is 4.04. The van der Waals surface area contributed by atoms with Crippen LogP contribution in [0, 0.1) is 6.92 Å². The minimum Gasteiger partial charge on any atom is -0.342 e. The summed E-state index contributed by atoms with van der Waals surface area (Å²) < 4.78 is 2.75. The van der Waals surface area contributed by atoms with E-state index in [9.17, 15) is 4.79 Å². The van der Waals surface area contributed by atoms with Crippen LogP contribution < -0.4 is 5.32 Å². The summed E-state index contributed by atoms with van der Waals surface area (Å²) in [6.45, 7) is 2.93. The maximum absolute atomic E-state index is 12.0. The lowest BCUT2D eigenvalue weighted by atomic mass is 10.1. The molecule has 1 aromatic heterocycles. The lowest BCUT2D eigenvalue weighted by molar-refractivity contribution is -0.115. The standard InChI is InChI=1S/C20H16N2OS2/c1-13-6-2-3-7-14(13)11-22-12-15(16-8-4-5-9-17(16)22)10-18-19(23)21-20(24)25-18/h2-10,12H,11H2,1H3,(H,21,23,24). The Bertz CT molecular complexity index is 1030. The van der Waals surface area contributed by atoms with E-state index >= 15 is 0 Å². The normalized spacial score (nSPS) is 16.0. The molecule has 1 aliphatic rings. The molecule has 25 heavy (non-hydrogen) atoms. The van der Waals surface area contributed by atoms with Crippen molar-refractivity contribution in [2.24, 2.45) is 0 Å². The molecule has 5 heteroatoms. The fraction of sp³-hybridized carbons (Fsp3) is 0.100. The molecule has 0 radical (unpaired) electrons. The summed E-state index contributed by atoms with van der Waals surface area (Å²) in [4.78, 5) is 12.6. The van der Waals surface area contributed by atoms with Crippen LogP contribution in [-0.4, -0.2) is 14.8 Å². The third kappa shape index (κ3) is 3.13. The molecule has 124 valence electrons. The summed E-state index contributed by atoms with van der Waals surface area (Å²) in [5, 5.41) is 3.80. The molecule has 0 atom stereocenters. The largest absolute Gasteiger partial charge is 0.342 e. The van der Waals surface area contributed by atoms with E-state index in [1.165, 1.54) is 22.9 Å². The summed E-state index contributed by atoms with van der Waals surface area (Å²) in [5.74, 6) is -0.120. The molecule has 4 rings (SSSR count). The molecule has 3 nitrogen and oxygen atoms in total. The van der Waals surface area contributed by atoms with Gasteiger partial charge >= 0.3 is 0 Å². The number of carbonyl (C=O) groups excluding carboxylic acids is 1. The third-order valence-corrected chi connectivity index (χ3v) is 5.51. The predicted molar refractivity (Wildman–Crippen MR) is 109 cm³/mol. The van der Waals surface area contributed by atoms with Gasteiger partial charge in [-0.25, -0.2) is 0 Å². The molecule has 2 heterocycles. The number of nitrogens with one attached hydrogen (secondary N) is 1. The number of thioether (sulfide) groups is 1. The van der Waals surface area contributed by atoms with Crippen molar-refractivity contribution in [3.8, 4) is 0 Å². The first-order chi connectivity index (χ1) is 12.1. The van der Waals surface area contributed by atoms with Gasteiger partial charge in [-0.05, 0) is 30.2 Å². The lowest BCUT2D eigenvalue weighted by Crippen LogP contribution is -2.17. The van der Waals surface area contributed by atoms with Crippen molar-refractivity contribution in [1.29, 1.82) is 0 Å². The third-order valence-electron chi connectivity index (χ3n) is 4.35. The molecule has 1 saturated heterocycles. The monoisotopic (exact) mass is 364 g/mol. The van der Waals surface area contributed by atoms with Crippen molar-refractivity contribution < 1.29 is 4.79 Å². The first-order valence-corrected chi connectivity index (χ1v) is 9.21. The Morgan fingerprint density at radius 2 is 1.92 bits per heavy atom. The number of thiocarbonyl (C=S) groups is 1. The number of carbonyl (C=O) groups is 1. The highest BCUT2D eigenvalue weighted by molar-refractivity contribution is 8.26. The molecule has 1 amide bonds. The molecule has 0 spiro atoms. The number of para-hydroxylation sites is 1. The van der Waals surface area contributed by atoms with Gasteiger partial charge < -0.3 is 9.88 Å². The van der Waals surface area contributed by atoms with E-state index in [1.807, 2.05) is 18.2 Å². The van der Waals surface area contributed by atoms with Gasteiger partial charge in [-0.1, -0.05) is 66.4 Å². The molecule has 0 saturated carbocycles. The zero-order valence-electron chi connectivity index (χ0n) is 13.7.